The molecule has 2 N–H and O–H groups in total. The van der Waals surface area contributed by atoms with Gasteiger partial charge in [0.05, 0.1) is 10.9 Å². The topological polar surface area (TPSA) is 78.5 Å². The largest absolute Gasteiger partial charge is 0.338 e. The van der Waals surface area contributed by atoms with Crippen molar-refractivity contribution in [3.8, 4) is 0 Å². The lowest BCUT2D eigenvalue weighted by Gasteiger charge is -2.32. The number of nitrogens with zero attached hydrogens (tertiary/aromatic N) is 1. The molecule has 1 aliphatic carbocycles. The molecule has 7 heteroatoms. The first-order chi connectivity index (χ1) is 13.9. The van der Waals surface area contributed by atoms with E-state index in [1.807, 2.05) is 19.1 Å². The minimum absolute atomic E-state index is 0. The molecule has 2 aliphatic rings. The summed E-state index contributed by atoms with van der Waals surface area (Å²) >= 11 is 0. The van der Waals surface area contributed by atoms with Crippen LogP contribution in [0.5, 0.6) is 0 Å². The number of aryl methyl sites for hydroxylation is 1. The molecule has 2 fully saturated rings. The van der Waals surface area contributed by atoms with Crippen molar-refractivity contribution < 1.29 is 13.2 Å². The maximum atomic E-state index is 12.9. The molecule has 1 aliphatic heterocycles. The van der Waals surface area contributed by atoms with Gasteiger partial charge in [-0.05, 0) is 50.7 Å². The number of carbonyl (C=O) groups excluding carboxylic acids is 1. The van der Waals surface area contributed by atoms with Crippen LogP contribution in [0.25, 0.3) is 0 Å². The monoisotopic (exact) mass is 448 g/mol. The van der Waals surface area contributed by atoms with E-state index in [1.54, 1.807) is 16.4 Å². The molecule has 1 saturated heterocycles. The zero-order valence-corrected chi connectivity index (χ0v) is 19.7. The fraction of sp³-hybridized carbons (Fsp3) is 0.583. The normalized spacial score (nSPS) is 21.0. The molecule has 2 amide bonds. The summed E-state index contributed by atoms with van der Waals surface area (Å²) in [5, 5.41) is 6.00. The maximum absolute atomic E-state index is 12.9. The summed E-state index contributed by atoms with van der Waals surface area (Å²) in [5.74, 6) is 0.136. The Labute approximate surface area is 190 Å². The molecule has 3 rings (SSSR count). The van der Waals surface area contributed by atoms with Crippen LogP contribution < -0.4 is 10.6 Å². The summed E-state index contributed by atoms with van der Waals surface area (Å²) in [7, 11) is -3.48. The maximum Gasteiger partial charge on any atom is 0.315 e. The molecule has 0 aromatic heterocycles. The molecule has 173 valence electrons. The number of amides is 2. The second-order valence-electron chi connectivity index (χ2n) is 8.39. The summed E-state index contributed by atoms with van der Waals surface area (Å²) in [6, 6.07) is 7.98. The van der Waals surface area contributed by atoms with Crippen molar-refractivity contribution in [2.24, 2.45) is 5.92 Å². The second-order valence-corrected chi connectivity index (χ2v) is 10.3. The Morgan fingerprint density at radius 2 is 1.61 bits per heavy atom. The van der Waals surface area contributed by atoms with E-state index >= 15 is 0 Å². The number of benzene rings is 1. The van der Waals surface area contributed by atoms with Crippen molar-refractivity contribution in [2.45, 2.75) is 69.6 Å². The lowest BCUT2D eigenvalue weighted by Crippen LogP contribution is -2.46. The first-order valence-electron chi connectivity index (χ1n) is 10.9. The molecule has 6 nitrogen and oxygen atoms in total. The van der Waals surface area contributed by atoms with Gasteiger partial charge in [0.15, 0.2) is 0 Å². The van der Waals surface area contributed by atoms with E-state index < -0.39 is 10.0 Å². The van der Waals surface area contributed by atoms with E-state index in [-0.39, 0.29) is 26.8 Å². The SMILES string of the molecule is Cc1ccc(S(=O)(=O)N2CCCC(CNC(=O)N[C]3CCCCCCC3)C2)cc1.[CH2].[CH2]. The van der Waals surface area contributed by atoms with Crippen LogP contribution in [0.1, 0.15) is 63.4 Å². The van der Waals surface area contributed by atoms with Gasteiger partial charge in [-0.15, -0.1) is 0 Å². The highest BCUT2D eigenvalue weighted by Gasteiger charge is 2.30. The zero-order valence-electron chi connectivity index (χ0n) is 18.9. The fourth-order valence-corrected chi connectivity index (χ4v) is 5.72. The summed E-state index contributed by atoms with van der Waals surface area (Å²) in [6.07, 6.45) is 9.74. The third-order valence-electron chi connectivity index (χ3n) is 5.94. The van der Waals surface area contributed by atoms with E-state index in [1.165, 1.54) is 19.3 Å². The van der Waals surface area contributed by atoms with Crippen LogP contribution in [0.3, 0.4) is 0 Å². The van der Waals surface area contributed by atoms with Gasteiger partial charge in [0.2, 0.25) is 10.0 Å². The van der Waals surface area contributed by atoms with Crippen LogP contribution in [-0.4, -0.2) is 38.4 Å². The zero-order chi connectivity index (χ0) is 20.7. The minimum Gasteiger partial charge on any atom is -0.338 e. The third kappa shape index (κ3) is 8.11. The summed E-state index contributed by atoms with van der Waals surface area (Å²) in [4.78, 5) is 12.7. The smallest absolute Gasteiger partial charge is 0.315 e. The van der Waals surface area contributed by atoms with Gasteiger partial charge in [-0.3, -0.25) is 0 Å². The van der Waals surface area contributed by atoms with Crippen LogP contribution in [0.4, 0.5) is 4.79 Å². The van der Waals surface area contributed by atoms with E-state index in [0.717, 1.165) is 50.1 Å². The predicted molar refractivity (Wildman–Crippen MR) is 125 cm³/mol. The van der Waals surface area contributed by atoms with Crippen molar-refractivity contribution in [3.63, 3.8) is 0 Å². The van der Waals surface area contributed by atoms with Crippen LogP contribution in [0, 0.1) is 33.7 Å². The molecule has 1 unspecified atom stereocenters. The highest BCUT2D eigenvalue weighted by Crippen LogP contribution is 2.24. The molecule has 1 aromatic carbocycles. The molecule has 5 radical (unpaired) electrons. The van der Waals surface area contributed by atoms with Crippen LogP contribution in [0.15, 0.2) is 29.2 Å². The van der Waals surface area contributed by atoms with Crippen molar-refractivity contribution in [3.05, 3.63) is 50.7 Å². The predicted octanol–water partition coefficient (Wildman–Crippen LogP) is 4.63. The molecule has 1 aromatic rings. The van der Waals surface area contributed by atoms with E-state index in [0.29, 0.717) is 24.5 Å². The van der Waals surface area contributed by atoms with E-state index in [2.05, 4.69) is 10.6 Å². The van der Waals surface area contributed by atoms with Crippen molar-refractivity contribution in [2.75, 3.05) is 19.6 Å². The number of piperidine rings is 1. The number of hydrogen-bond donors (Lipinski definition) is 2. The average Bonchev–Trinajstić information content (AvgIpc) is 2.69. The van der Waals surface area contributed by atoms with Gasteiger partial charge in [0, 0.05) is 19.6 Å². The number of nitrogens with one attached hydrogen (secondary N) is 2. The van der Waals surface area contributed by atoms with Crippen LogP contribution in [0.2, 0.25) is 0 Å². The van der Waals surface area contributed by atoms with E-state index in [9.17, 15) is 13.2 Å². The molecule has 1 saturated carbocycles. The summed E-state index contributed by atoms with van der Waals surface area (Å²) in [5.41, 5.74) is 1.04. The quantitative estimate of drug-likeness (QED) is 0.689. The average molecular weight is 449 g/mol. The second kappa shape index (κ2) is 13.1. The van der Waals surface area contributed by atoms with Gasteiger partial charge in [-0.2, -0.15) is 4.31 Å². The van der Waals surface area contributed by atoms with Gasteiger partial charge in [-0.25, -0.2) is 13.2 Å². The molecule has 0 bridgehead atoms. The summed E-state index contributed by atoms with van der Waals surface area (Å²) < 4.78 is 27.4. The number of carbonyl (C=O) groups is 1. The Morgan fingerprint density at radius 3 is 2.26 bits per heavy atom. The number of urea groups is 1. The van der Waals surface area contributed by atoms with Gasteiger partial charge < -0.3 is 10.6 Å². The van der Waals surface area contributed by atoms with Gasteiger partial charge in [-0.1, -0.05) is 64.7 Å². The van der Waals surface area contributed by atoms with Gasteiger partial charge in [0.25, 0.3) is 0 Å². The van der Waals surface area contributed by atoms with Crippen molar-refractivity contribution >= 4 is 16.1 Å². The molecule has 1 heterocycles. The van der Waals surface area contributed by atoms with Crippen LogP contribution >= 0.6 is 0 Å². The molecular formula is C24H38N3O3S. The summed E-state index contributed by atoms with van der Waals surface area (Å²) in [6.45, 7) is 3.43. The van der Waals surface area contributed by atoms with Crippen LogP contribution in [-0.2, 0) is 10.0 Å². The Kier molecular flexibility index (Phi) is 11.6. The Balaban J connectivity index is 0.00000240. The Hall–Kier alpha value is -1.60. The lowest BCUT2D eigenvalue weighted by molar-refractivity contribution is 0.229. The molecule has 0 spiro atoms. The Morgan fingerprint density at radius 1 is 1.00 bits per heavy atom. The molecular weight excluding hydrogens is 410 g/mol. The van der Waals surface area contributed by atoms with Gasteiger partial charge >= 0.3 is 6.03 Å². The first kappa shape index (κ1) is 27.4. The van der Waals surface area contributed by atoms with Crippen molar-refractivity contribution in [1.29, 1.82) is 0 Å². The number of sulfonamides is 1. The minimum atomic E-state index is -3.48. The number of rotatable bonds is 5. The first-order valence-corrected chi connectivity index (χ1v) is 12.4. The van der Waals surface area contributed by atoms with E-state index in [4.69, 9.17) is 0 Å². The highest BCUT2D eigenvalue weighted by molar-refractivity contribution is 7.89. The number of hydrogen-bond acceptors (Lipinski definition) is 3. The fourth-order valence-electron chi connectivity index (χ4n) is 4.17. The Bertz CT molecular complexity index is 757. The lowest BCUT2D eigenvalue weighted by atomic mass is 9.97. The standard InChI is InChI=1S/C22H34N3O3S.2CH2/c1-18-11-13-21(14-12-18)29(27,28)25-15-7-8-19(17-25)16-23-22(26)24-20-9-5-3-2-4-6-10-20;;/h11-14,19H,2-10,15-17H2,1H3,(H2,23,24,26);2*1H2. The highest BCUT2D eigenvalue weighted by atomic mass is 32.2. The van der Waals surface area contributed by atoms with Crippen molar-refractivity contribution in [1.82, 2.24) is 14.9 Å². The molecule has 31 heavy (non-hydrogen) atoms. The van der Waals surface area contributed by atoms with Gasteiger partial charge in [0.1, 0.15) is 0 Å². The molecule has 1 atom stereocenters. The third-order valence-corrected chi connectivity index (χ3v) is 7.82.